The van der Waals surface area contributed by atoms with E-state index in [4.69, 9.17) is 5.11 Å². The summed E-state index contributed by atoms with van der Waals surface area (Å²) in [5.41, 5.74) is 1.99. The number of para-hydroxylation sites is 1. The lowest BCUT2D eigenvalue weighted by Crippen LogP contribution is -2.06. The maximum absolute atomic E-state index is 12.7. The van der Waals surface area contributed by atoms with Crippen molar-refractivity contribution in [2.75, 3.05) is 0 Å². The van der Waals surface area contributed by atoms with Crippen LogP contribution in [0.3, 0.4) is 0 Å². The number of carboxylic acids is 1. The minimum Gasteiger partial charge on any atom is -0.481 e. The molecule has 0 aliphatic heterocycles. The Balaban J connectivity index is 2.19. The van der Waals surface area contributed by atoms with Crippen LogP contribution in [0.1, 0.15) is 16.8 Å². The van der Waals surface area contributed by atoms with Gasteiger partial charge in [0.25, 0.3) is 0 Å². The SMILES string of the molecule is Cc1c(CC(=O)O)c2ccccc2n1-c1ccc(C(F)(F)F)cc1. The van der Waals surface area contributed by atoms with Crippen molar-refractivity contribution >= 4 is 16.9 Å². The van der Waals surface area contributed by atoms with Crippen LogP contribution in [-0.2, 0) is 17.4 Å². The van der Waals surface area contributed by atoms with Crippen molar-refractivity contribution in [2.24, 2.45) is 0 Å². The summed E-state index contributed by atoms with van der Waals surface area (Å²) in [6.45, 7) is 1.77. The van der Waals surface area contributed by atoms with Crippen LogP contribution in [0.15, 0.2) is 48.5 Å². The van der Waals surface area contributed by atoms with Crippen LogP contribution in [0, 0.1) is 6.92 Å². The maximum Gasteiger partial charge on any atom is 0.416 e. The van der Waals surface area contributed by atoms with Gasteiger partial charge in [-0.15, -0.1) is 0 Å². The lowest BCUT2D eigenvalue weighted by atomic mass is 10.1. The second-order valence-corrected chi connectivity index (χ2v) is 5.53. The van der Waals surface area contributed by atoms with E-state index in [9.17, 15) is 18.0 Å². The van der Waals surface area contributed by atoms with Gasteiger partial charge in [-0.05, 0) is 42.8 Å². The fraction of sp³-hybridized carbons (Fsp3) is 0.167. The van der Waals surface area contributed by atoms with Crippen LogP contribution >= 0.6 is 0 Å². The quantitative estimate of drug-likeness (QED) is 0.762. The number of aliphatic carboxylic acids is 1. The molecule has 1 N–H and O–H groups in total. The first-order valence-electron chi connectivity index (χ1n) is 7.27. The molecule has 0 atom stereocenters. The van der Waals surface area contributed by atoms with Crippen molar-refractivity contribution in [3.8, 4) is 5.69 Å². The van der Waals surface area contributed by atoms with Gasteiger partial charge in [0.2, 0.25) is 0 Å². The zero-order valence-electron chi connectivity index (χ0n) is 12.8. The van der Waals surface area contributed by atoms with Crippen LogP contribution in [0.2, 0.25) is 0 Å². The molecule has 0 saturated carbocycles. The lowest BCUT2D eigenvalue weighted by molar-refractivity contribution is -0.138. The van der Waals surface area contributed by atoms with E-state index in [-0.39, 0.29) is 6.42 Å². The van der Waals surface area contributed by atoms with Crippen LogP contribution in [0.4, 0.5) is 13.2 Å². The van der Waals surface area contributed by atoms with Gasteiger partial charge >= 0.3 is 12.1 Å². The molecule has 1 heterocycles. The van der Waals surface area contributed by atoms with E-state index in [1.54, 1.807) is 11.5 Å². The number of nitrogens with zero attached hydrogens (tertiary/aromatic N) is 1. The number of aromatic nitrogens is 1. The van der Waals surface area contributed by atoms with Crippen LogP contribution in [0.25, 0.3) is 16.6 Å². The summed E-state index contributed by atoms with van der Waals surface area (Å²) < 4.78 is 40.0. The highest BCUT2D eigenvalue weighted by Crippen LogP contribution is 2.32. The van der Waals surface area contributed by atoms with Gasteiger partial charge in [-0.25, -0.2) is 0 Å². The molecule has 124 valence electrons. The molecule has 0 bridgehead atoms. The van der Waals surface area contributed by atoms with Crippen molar-refractivity contribution in [3.63, 3.8) is 0 Å². The molecular weight excluding hydrogens is 319 g/mol. The third-order valence-corrected chi connectivity index (χ3v) is 4.02. The van der Waals surface area contributed by atoms with Crippen molar-refractivity contribution < 1.29 is 23.1 Å². The second-order valence-electron chi connectivity index (χ2n) is 5.53. The number of halogens is 3. The molecule has 24 heavy (non-hydrogen) atoms. The molecule has 0 aliphatic rings. The van der Waals surface area contributed by atoms with E-state index >= 15 is 0 Å². The molecule has 3 rings (SSSR count). The molecule has 0 spiro atoms. The van der Waals surface area contributed by atoms with E-state index < -0.39 is 17.7 Å². The molecule has 0 fully saturated rings. The molecule has 3 aromatic rings. The average molecular weight is 333 g/mol. The van der Waals surface area contributed by atoms with Gasteiger partial charge in [-0.1, -0.05) is 18.2 Å². The molecule has 2 aromatic carbocycles. The molecule has 0 amide bonds. The summed E-state index contributed by atoms with van der Waals surface area (Å²) in [6, 6.07) is 12.1. The molecule has 0 aliphatic carbocycles. The summed E-state index contributed by atoms with van der Waals surface area (Å²) in [6.07, 6.45) is -4.53. The van der Waals surface area contributed by atoms with Crippen molar-refractivity contribution in [1.82, 2.24) is 4.57 Å². The van der Waals surface area contributed by atoms with Gasteiger partial charge in [0.05, 0.1) is 17.5 Å². The fourth-order valence-electron chi connectivity index (χ4n) is 2.94. The summed E-state index contributed by atoms with van der Waals surface area (Å²) in [7, 11) is 0. The van der Waals surface area contributed by atoms with Crippen molar-refractivity contribution in [1.29, 1.82) is 0 Å². The number of carboxylic acid groups (broad SMARTS) is 1. The minimum absolute atomic E-state index is 0.139. The largest absolute Gasteiger partial charge is 0.481 e. The third-order valence-electron chi connectivity index (χ3n) is 4.02. The number of hydrogen-bond acceptors (Lipinski definition) is 1. The fourth-order valence-corrected chi connectivity index (χ4v) is 2.94. The number of alkyl halides is 3. The standard InChI is InChI=1S/C18H14F3NO2/c1-11-15(10-17(23)24)14-4-2-3-5-16(14)22(11)13-8-6-12(7-9-13)18(19,20)21/h2-9H,10H2,1H3,(H,23,24). The summed E-state index contributed by atoms with van der Waals surface area (Å²) in [5, 5.41) is 9.91. The van der Waals surface area contributed by atoms with E-state index in [0.717, 1.165) is 23.0 Å². The molecule has 6 heteroatoms. The predicted octanol–water partition coefficient (Wildman–Crippen LogP) is 4.58. The van der Waals surface area contributed by atoms with Crippen molar-refractivity contribution in [2.45, 2.75) is 19.5 Å². The monoisotopic (exact) mass is 333 g/mol. The number of carbonyl (C=O) groups is 1. The number of benzene rings is 2. The molecule has 3 nitrogen and oxygen atoms in total. The predicted molar refractivity (Wildman–Crippen MR) is 84.4 cm³/mol. The molecular formula is C18H14F3NO2. The first-order chi connectivity index (χ1) is 11.3. The van der Waals surface area contributed by atoms with Crippen LogP contribution in [0.5, 0.6) is 0 Å². The van der Waals surface area contributed by atoms with E-state index in [1.807, 2.05) is 24.3 Å². The Morgan fingerprint density at radius 2 is 1.71 bits per heavy atom. The van der Waals surface area contributed by atoms with Crippen LogP contribution < -0.4 is 0 Å². The smallest absolute Gasteiger partial charge is 0.416 e. The maximum atomic E-state index is 12.7. The molecule has 1 aromatic heterocycles. The highest BCUT2D eigenvalue weighted by molar-refractivity contribution is 5.90. The molecule has 0 unspecified atom stereocenters. The Labute approximate surface area is 136 Å². The topological polar surface area (TPSA) is 42.2 Å². The third kappa shape index (κ3) is 2.75. The summed E-state index contributed by atoms with van der Waals surface area (Å²) >= 11 is 0. The second kappa shape index (κ2) is 5.70. The first kappa shape index (κ1) is 16.1. The van der Waals surface area contributed by atoms with E-state index in [2.05, 4.69) is 0 Å². The first-order valence-corrected chi connectivity index (χ1v) is 7.27. The number of hydrogen-bond donors (Lipinski definition) is 1. The molecule has 0 saturated heterocycles. The minimum atomic E-state index is -4.39. The zero-order chi connectivity index (χ0) is 17.5. The van der Waals surface area contributed by atoms with Gasteiger partial charge < -0.3 is 9.67 Å². The van der Waals surface area contributed by atoms with Gasteiger partial charge in [0.1, 0.15) is 0 Å². The van der Waals surface area contributed by atoms with Gasteiger partial charge in [-0.2, -0.15) is 13.2 Å². The van der Waals surface area contributed by atoms with Gasteiger partial charge in [-0.3, -0.25) is 4.79 Å². The highest BCUT2D eigenvalue weighted by atomic mass is 19.4. The van der Waals surface area contributed by atoms with Crippen LogP contribution in [-0.4, -0.2) is 15.6 Å². The van der Waals surface area contributed by atoms with Gasteiger partial charge in [0, 0.05) is 16.8 Å². The Kier molecular flexibility index (Phi) is 3.83. The Hall–Kier alpha value is -2.76. The summed E-state index contributed by atoms with van der Waals surface area (Å²) in [5.74, 6) is -0.951. The molecule has 0 radical (unpaired) electrons. The Bertz CT molecular complexity index is 908. The number of rotatable bonds is 3. The summed E-state index contributed by atoms with van der Waals surface area (Å²) in [4.78, 5) is 11.1. The Morgan fingerprint density at radius 3 is 2.29 bits per heavy atom. The van der Waals surface area contributed by atoms with Gasteiger partial charge in [0.15, 0.2) is 0 Å². The average Bonchev–Trinajstić information content (AvgIpc) is 2.79. The number of fused-ring (bicyclic) bond motifs is 1. The normalized spacial score (nSPS) is 11.8. The van der Waals surface area contributed by atoms with E-state index in [1.165, 1.54) is 12.1 Å². The zero-order valence-corrected chi connectivity index (χ0v) is 12.8. The van der Waals surface area contributed by atoms with E-state index in [0.29, 0.717) is 16.9 Å². The highest BCUT2D eigenvalue weighted by Gasteiger charge is 2.30. The lowest BCUT2D eigenvalue weighted by Gasteiger charge is -2.11. The van der Waals surface area contributed by atoms with Crippen molar-refractivity contribution in [3.05, 3.63) is 65.4 Å². The Morgan fingerprint density at radius 1 is 1.08 bits per heavy atom.